The molecule has 0 aromatic heterocycles. The summed E-state index contributed by atoms with van der Waals surface area (Å²) in [5.74, 6) is 0. The van der Waals surface area contributed by atoms with Crippen LogP contribution in [0.4, 0.5) is 0 Å². The van der Waals surface area contributed by atoms with Crippen molar-refractivity contribution in [1.82, 2.24) is 0 Å². The lowest BCUT2D eigenvalue weighted by Gasteiger charge is -2.18. The zero-order valence-electron chi connectivity index (χ0n) is 7.70. The highest BCUT2D eigenvalue weighted by Crippen LogP contribution is 2.16. The van der Waals surface area contributed by atoms with Gasteiger partial charge in [-0.3, -0.25) is 0 Å². The maximum Gasteiger partial charge on any atom is 0.0448 e. The van der Waals surface area contributed by atoms with Crippen LogP contribution in [0.15, 0.2) is 24.3 Å². The lowest BCUT2D eigenvalue weighted by atomic mass is 9.99. The molecule has 1 aromatic carbocycles. The van der Waals surface area contributed by atoms with Crippen molar-refractivity contribution in [3.8, 4) is 0 Å². The van der Waals surface area contributed by atoms with Crippen LogP contribution in [-0.4, -0.2) is 6.04 Å². The van der Waals surface area contributed by atoms with Crippen LogP contribution in [0, 0.1) is 3.57 Å². The molecule has 3 heteroatoms. The molecular formula is C10H15IN2. The van der Waals surface area contributed by atoms with Crippen LogP contribution >= 0.6 is 22.6 Å². The second kappa shape index (κ2) is 4.93. The second-order valence-electron chi connectivity index (χ2n) is 3.15. The molecule has 0 amide bonds. The summed E-state index contributed by atoms with van der Waals surface area (Å²) < 4.78 is 1.22. The first-order chi connectivity index (χ1) is 6.15. The summed E-state index contributed by atoms with van der Waals surface area (Å²) in [5, 5.41) is 0. The fourth-order valence-corrected chi connectivity index (χ4v) is 1.55. The van der Waals surface area contributed by atoms with E-state index in [2.05, 4.69) is 41.6 Å². The van der Waals surface area contributed by atoms with Crippen LogP contribution in [0.25, 0.3) is 0 Å². The Kier molecular flexibility index (Phi) is 4.15. The third-order valence-electron chi connectivity index (χ3n) is 2.19. The van der Waals surface area contributed by atoms with Crippen LogP contribution in [0.3, 0.4) is 0 Å². The molecule has 0 heterocycles. The first kappa shape index (κ1) is 10.9. The molecule has 0 spiro atoms. The van der Waals surface area contributed by atoms with Gasteiger partial charge in [0.15, 0.2) is 0 Å². The van der Waals surface area contributed by atoms with E-state index in [1.54, 1.807) is 0 Å². The van der Waals surface area contributed by atoms with E-state index in [1.807, 2.05) is 12.1 Å². The van der Waals surface area contributed by atoms with Crippen LogP contribution in [0.2, 0.25) is 0 Å². The largest absolute Gasteiger partial charge is 0.326 e. The Bertz CT molecular complexity index is 258. The lowest BCUT2D eigenvalue weighted by molar-refractivity contribution is 0.532. The highest BCUT2D eigenvalue weighted by Gasteiger charge is 2.12. The summed E-state index contributed by atoms with van der Waals surface area (Å²) in [6.07, 6.45) is 0.910. The first-order valence-corrected chi connectivity index (χ1v) is 5.49. The minimum atomic E-state index is -0.0398. The van der Waals surface area contributed by atoms with Crippen LogP contribution in [0.5, 0.6) is 0 Å². The van der Waals surface area contributed by atoms with Crippen molar-refractivity contribution in [2.75, 3.05) is 0 Å². The van der Waals surface area contributed by atoms with E-state index in [4.69, 9.17) is 11.5 Å². The summed E-state index contributed by atoms with van der Waals surface area (Å²) in [6.45, 7) is 2.05. The van der Waals surface area contributed by atoms with Crippen molar-refractivity contribution >= 4 is 22.6 Å². The summed E-state index contributed by atoms with van der Waals surface area (Å²) in [6, 6.07) is 8.21. The minimum absolute atomic E-state index is 0.0398. The highest BCUT2D eigenvalue weighted by atomic mass is 127. The van der Waals surface area contributed by atoms with Gasteiger partial charge in [0.05, 0.1) is 0 Å². The molecule has 0 bridgehead atoms. The molecule has 0 fully saturated rings. The molecule has 2 nitrogen and oxygen atoms in total. The summed E-state index contributed by atoms with van der Waals surface area (Å²) in [7, 11) is 0. The van der Waals surface area contributed by atoms with E-state index in [1.165, 1.54) is 3.57 Å². The molecule has 13 heavy (non-hydrogen) atoms. The maximum absolute atomic E-state index is 5.97. The minimum Gasteiger partial charge on any atom is -0.326 e. The molecule has 1 rings (SSSR count). The molecule has 0 unspecified atom stereocenters. The second-order valence-corrected chi connectivity index (χ2v) is 4.40. The quantitative estimate of drug-likeness (QED) is 0.837. The average molecular weight is 290 g/mol. The van der Waals surface area contributed by atoms with Gasteiger partial charge in [0.2, 0.25) is 0 Å². The van der Waals surface area contributed by atoms with Crippen molar-refractivity contribution < 1.29 is 0 Å². The van der Waals surface area contributed by atoms with Gasteiger partial charge in [-0.2, -0.15) is 0 Å². The Balaban J connectivity index is 2.77. The molecule has 0 radical (unpaired) electrons. The van der Waals surface area contributed by atoms with Crippen LogP contribution < -0.4 is 11.5 Å². The SMILES string of the molecule is CC[C@H](N)[C@@H](N)c1ccc(I)cc1. The Morgan fingerprint density at radius 2 is 1.77 bits per heavy atom. The predicted octanol–water partition coefficient (Wildman–Crippen LogP) is 2.03. The van der Waals surface area contributed by atoms with E-state index < -0.39 is 0 Å². The normalized spacial score (nSPS) is 15.4. The standard InChI is InChI=1S/C10H15IN2/c1-2-9(12)10(13)7-3-5-8(11)6-4-7/h3-6,9-10H,2,12-13H2,1H3/t9-,10-/m0/s1. The summed E-state index contributed by atoms with van der Waals surface area (Å²) in [4.78, 5) is 0. The number of halogens is 1. The van der Waals surface area contributed by atoms with Gasteiger partial charge >= 0.3 is 0 Å². The Morgan fingerprint density at radius 3 is 2.23 bits per heavy atom. The fourth-order valence-electron chi connectivity index (χ4n) is 1.19. The highest BCUT2D eigenvalue weighted by molar-refractivity contribution is 14.1. The van der Waals surface area contributed by atoms with E-state index >= 15 is 0 Å². The molecule has 0 aliphatic rings. The van der Waals surface area contributed by atoms with Crippen molar-refractivity contribution in [2.45, 2.75) is 25.4 Å². The van der Waals surface area contributed by atoms with Gasteiger partial charge < -0.3 is 11.5 Å². The molecule has 0 saturated carbocycles. The van der Waals surface area contributed by atoms with Crippen LogP contribution in [0.1, 0.15) is 24.9 Å². The average Bonchev–Trinajstić information content (AvgIpc) is 2.17. The number of benzene rings is 1. The van der Waals surface area contributed by atoms with Gasteiger partial charge in [-0.25, -0.2) is 0 Å². The fraction of sp³-hybridized carbons (Fsp3) is 0.400. The Hall–Kier alpha value is -0.130. The van der Waals surface area contributed by atoms with Crippen molar-refractivity contribution in [1.29, 1.82) is 0 Å². The molecule has 0 saturated heterocycles. The van der Waals surface area contributed by atoms with Crippen molar-refractivity contribution in [3.05, 3.63) is 33.4 Å². The molecule has 0 aliphatic heterocycles. The molecule has 0 aliphatic carbocycles. The van der Waals surface area contributed by atoms with Gasteiger partial charge in [-0.05, 0) is 46.7 Å². The Labute approximate surface area is 92.8 Å². The molecule has 2 atom stereocenters. The van der Waals surface area contributed by atoms with E-state index in [-0.39, 0.29) is 12.1 Å². The van der Waals surface area contributed by atoms with Gasteiger partial charge in [-0.15, -0.1) is 0 Å². The van der Waals surface area contributed by atoms with Gasteiger partial charge in [0.25, 0.3) is 0 Å². The predicted molar refractivity (Wildman–Crippen MR) is 64.4 cm³/mol. The number of hydrogen-bond acceptors (Lipinski definition) is 2. The smallest absolute Gasteiger partial charge is 0.0448 e. The van der Waals surface area contributed by atoms with Crippen LogP contribution in [-0.2, 0) is 0 Å². The third-order valence-corrected chi connectivity index (χ3v) is 2.91. The zero-order chi connectivity index (χ0) is 9.84. The molecule has 72 valence electrons. The monoisotopic (exact) mass is 290 g/mol. The van der Waals surface area contributed by atoms with E-state index in [9.17, 15) is 0 Å². The van der Waals surface area contributed by atoms with Gasteiger partial charge in [0.1, 0.15) is 0 Å². The van der Waals surface area contributed by atoms with Crippen molar-refractivity contribution in [2.24, 2.45) is 11.5 Å². The third kappa shape index (κ3) is 2.93. The van der Waals surface area contributed by atoms with Crippen molar-refractivity contribution in [3.63, 3.8) is 0 Å². The number of hydrogen-bond donors (Lipinski definition) is 2. The van der Waals surface area contributed by atoms with Gasteiger partial charge in [-0.1, -0.05) is 19.1 Å². The zero-order valence-corrected chi connectivity index (χ0v) is 9.86. The maximum atomic E-state index is 5.97. The number of nitrogens with two attached hydrogens (primary N) is 2. The van der Waals surface area contributed by atoms with E-state index in [0.717, 1.165) is 12.0 Å². The molecular weight excluding hydrogens is 275 g/mol. The first-order valence-electron chi connectivity index (χ1n) is 4.41. The molecule has 4 N–H and O–H groups in total. The summed E-state index contributed by atoms with van der Waals surface area (Å²) >= 11 is 2.27. The lowest BCUT2D eigenvalue weighted by Crippen LogP contribution is -2.33. The number of rotatable bonds is 3. The van der Waals surface area contributed by atoms with Gasteiger partial charge in [0, 0.05) is 15.7 Å². The Morgan fingerprint density at radius 1 is 1.23 bits per heavy atom. The molecule has 1 aromatic rings. The summed E-state index contributed by atoms with van der Waals surface area (Å²) in [5.41, 5.74) is 13.0. The topological polar surface area (TPSA) is 52.0 Å². The van der Waals surface area contributed by atoms with E-state index in [0.29, 0.717) is 0 Å².